The molecular weight excluding hydrogens is 222 g/mol. The maximum absolute atomic E-state index is 9.75. The second-order valence-electron chi connectivity index (χ2n) is 3.72. The van der Waals surface area contributed by atoms with E-state index >= 15 is 0 Å². The molecule has 0 aliphatic rings. The molecule has 0 saturated heterocycles. The predicted octanol–water partition coefficient (Wildman–Crippen LogP) is 1.97. The van der Waals surface area contributed by atoms with Gasteiger partial charge in [0.2, 0.25) is 0 Å². The van der Waals surface area contributed by atoms with Crippen LogP contribution >= 0.6 is 11.3 Å². The molecule has 0 aromatic carbocycles. The average molecular weight is 243 g/mol. The van der Waals surface area contributed by atoms with Crippen LogP contribution in [0.5, 0.6) is 0 Å². The minimum absolute atomic E-state index is 0.389. The molecule has 92 valence electrons. The minimum Gasteiger partial charge on any atom is -0.389 e. The molecule has 0 bridgehead atoms. The van der Waals surface area contributed by atoms with Crippen molar-refractivity contribution in [3.63, 3.8) is 0 Å². The molecule has 0 radical (unpaired) electrons. The topological polar surface area (TPSA) is 32.7 Å². The quantitative estimate of drug-likeness (QED) is 0.757. The number of hydrogen-bond acceptors (Lipinski definition) is 4. The summed E-state index contributed by atoms with van der Waals surface area (Å²) in [4.78, 5) is 3.57. The number of likely N-dealkylation sites (N-methyl/N-ethyl adjacent to an activating group) is 1. The smallest absolute Gasteiger partial charge is 0.0900 e. The van der Waals surface area contributed by atoms with Crippen molar-refractivity contribution in [2.75, 3.05) is 26.3 Å². The molecule has 1 atom stereocenters. The molecule has 1 aromatic heterocycles. The summed E-state index contributed by atoms with van der Waals surface area (Å²) >= 11 is 1.76. The predicted molar refractivity (Wildman–Crippen MR) is 67.8 cm³/mol. The molecule has 1 N–H and O–H groups in total. The SMILES string of the molecule is CCOCC(O)CN(CC)Cc1cccs1. The fourth-order valence-electron chi connectivity index (χ4n) is 1.53. The van der Waals surface area contributed by atoms with E-state index in [9.17, 15) is 5.11 Å². The summed E-state index contributed by atoms with van der Waals surface area (Å²) in [6, 6.07) is 4.19. The number of thiophene rings is 1. The van der Waals surface area contributed by atoms with E-state index < -0.39 is 0 Å². The summed E-state index contributed by atoms with van der Waals surface area (Å²) in [6.07, 6.45) is -0.389. The Hall–Kier alpha value is -0.420. The van der Waals surface area contributed by atoms with Gasteiger partial charge in [0.25, 0.3) is 0 Å². The number of aliphatic hydroxyl groups excluding tert-OH is 1. The normalized spacial score (nSPS) is 13.2. The number of ether oxygens (including phenoxy) is 1. The third-order valence-electron chi connectivity index (χ3n) is 2.39. The first kappa shape index (κ1) is 13.6. The molecular formula is C12H21NO2S. The lowest BCUT2D eigenvalue weighted by Gasteiger charge is -2.22. The molecule has 4 heteroatoms. The Morgan fingerprint density at radius 2 is 2.31 bits per heavy atom. The Labute approximate surface area is 102 Å². The molecule has 0 aliphatic heterocycles. The van der Waals surface area contributed by atoms with Crippen LogP contribution < -0.4 is 0 Å². The van der Waals surface area contributed by atoms with Gasteiger partial charge in [-0.15, -0.1) is 11.3 Å². The Kier molecular flexibility index (Phi) is 6.64. The monoisotopic (exact) mass is 243 g/mol. The van der Waals surface area contributed by atoms with Gasteiger partial charge < -0.3 is 9.84 Å². The highest BCUT2D eigenvalue weighted by Crippen LogP contribution is 2.11. The van der Waals surface area contributed by atoms with Crippen LogP contribution in [0, 0.1) is 0 Å². The Balaban J connectivity index is 2.31. The van der Waals surface area contributed by atoms with Crippen LogP contribution in [-0.2, 0) is 11.3 Å². The molecule has 1 aromatic rings. The third kappa shape index (κ3) is 5.07. The minimum atomic E-state index is -0.389. The first-order valence-electron chi connectivity index (χ1n) is 5.76. The van der Waals surface area contributed by atoms with Gasteiger partial charge in [0.1, 0.15) is 0 Å². The van der Waals surface area contributed by atoms with Gasteiger partial charge in [-0.1, -0.05) is 13.0 Å². The standard InChI is InChI=1S/C12H21NO2S/c1-3-13(8-11(14)10-15-4-2)9-12-6-5-7-16-12/h5-7,11,14H,3-4,8-10H2,1-2H3. The maximum Gasteiger partial charge on any atom is 0.0900 e. The molecule has 0 amide bonds. The van der Waals surface area contributed by atoms with Crippen LogP contribution in [0.4, 0.5) is 0 Å². The third-order valence-corrected chi connectivity index (χ3v) is 3.25. The van der Waals surface area contributed by atoms with Gasteiger partial charge in [0, 0.05) is 24.6 Å². The fraction of sp³-hybridized carbons (Fsp3) is 0.667. The highest BCUT2D eigenvalue weighted by atomic mass is 32.1. The van der Waals surface area contributed by atoms with E-state index in [1.807, 2.05) is 6.92 Å². The molecule has 3 nitrogen and oxygen atoms in total. The van der Waals surface area contributed by atoms with Crippen molar-refractivity contribution >= 4 is 11.3 Å². The molecule has 0 spiro atoms. The number of hydrogen-bond donors (Lipinski definition) is 1. The summed E-state index contributed by atoms with van der Waals surface area (Å²) in [5.74, 6) is 0. The van der Waals surface area contributed by atoms with Crippen molar-refractivity contribution in [2.24, 2.45) is 0 Å². The van der Waals surface area contributed by atoms with E-state index in [-0.39, 0.29) is 6.10 Å². The van der Waals surface area contributed by atoms with Crippen molar-refractivity contribution < 1.29 is 9.84 Å². The van der Waals surface area contributed by atoms with Gasteiger partial charge >= 0.3 is 0 Å². The first-order chi connectivity index (χ1) is 7.76. The molecule has 16 heavy (non-hydrogen) atoms. The van der Waals surface area contributed by atoms with Crippen molar-refractivity contribution in [3.8, 4) is 0 Å². The Morgan fingerprint density at radius 1 is 1.50 bits per heavy atom. The maximum atomic E-state index is 9.75. The summed E-state index contributed by atoms with van der Waals surface area (Å²) < 4.78 is 5.20. The lowest BCUT2D eigenvalue weighted by atomic mass is 10.3. The average Bonchev–Trinajstić information content (AvgIpc) is 2.78. The van der Waals surface area contributed by atoms with Crippen molar-refractivity contribution in [1.29, 1.82) is 0 Å². The van der Waals surface area contributed by atoms with Gasteiger partial charge in [0.15, 0.2) is 0 Å². The molecule has 1 rings (SSSR count). The van der Waals surface area contributed by atoms with Crippen LogP contribution in [0.2, 0.25) is 0 Å². The zero-order valence-corrected chi connectivity index (χ0v) is 10.9. The van der Waals surface area contributed by atoms with Crippen molar-refractivity contribution in [2.45, 2.75) is 26.5 Å². The molecule has 1 unspecified atom stereocenters. The van der Waals surface area contributed by atoms with E-state index in [2.05, 4.69) is 29.3 Å². The van der Waals surface area contributed by atoms with Gasteiger partial charge in [-0.25, -0.2) is 0 Å². The van der Waals surface area contributed by atoms with E-state index in [4.69, 9.17) is 4.74 Å². The first-order valence-corrected chi connectivity index (χ1v) is 6.64. The van der Waals surface area contributed by atoms with Crippen molar-refractivity contribution in [3.05, 3.63) is 22.4 Å². The highest BCUT2D eigenvalue weighted by molar-refractivity contribution is 7.09. The zero-order valence-electron chi connectivity index (χ0n) is 10.1. The zero-order chi connectivity index (χ0) is 11.8. The number of nitrogens with zero attached hydrogens (tertiary/aromatic N) is 1. The summed E-state index contributed by atoms with van der Waals surface area (Å²) in [5, 5.41) is 11.8. The van der Waals surface area contributed by atoms with Gasteiger partial charge in [0.05, 0.1) is 12.7 Å². The largest absolute Gasteiger partial charge is 0.389 e. The number of rotatable bonds is 8. The van der Waals surface area contributed by atoms with Crippen LogP contribution in [0.1, 0.15) is 18.7 Å². The second kappa shape index (κ2) is 7.79. The second-order valence-corrected chi connectivity index (χ2v) is 4.75. The Bertz CT molecular complexity index is 264. The van der Waals surface area contributed by atoms with Gasteiger partial charge in [-0.05, 0) is 24.9 Å². The molecule has 0 fully saturated rings. The lowest BCUT2D eigenvalue weighted by molar-refractivity contribution is 0.0208. The van der Waals surface area contributed by atoms with Crippen LogP contribution in [0.15, 0.2) is 17.5 Å². The van der Waals surface area contributed by atoms with Crippen molar-refractivity contribution in [1.82, 2.24) is 4.90 Å². The van der Waals surface area contributed by atoms with E-state index in [0.29, 0.717) is 19.8 Å². The van der Waals surface area contributed by atoms with Crippen LogP contribution in [0.25, 0.3) is 0 Å². The molecule has 1 heterocycles. The van der Waals surface area contributed by atoms with Gasteiger partial charge in [-0.3, -0.25) is 4.90 Å². The van der Waals surface area contributed by atoms with E-state index in [1.165, 1.54) is 4.88 Å². The van der Waals surface area contributed by atoms with Gasteiger partial charge in [-0.2, -0.15) is 0 Å². The summed E-state index contributed by atoms with van der Waals surface area (Å²) in [7, 11) is 0. The Morgan fingerprint density at radius 3 is 2.88 bits per heavy atom. The summed E-state index contributed by atoms with van der Waals surface area (Å²) in [6.45, 7) is 7.68. The molecule has 0 saturated carbocycles. The van der Waals surface area contributed by atoms with Crippen LogP contribution in [0.3, 0.4) is 0 Å². The fourth-order valence-corrected chi connectivity index (χ4v) is 2.28. The summed E-state index contributed by atoms with van der Waals surface area (Å²) in [5.41, 5.74) is 0. The van der Waals surface area contributed by atoms with E-state index in [1.54, 1.807) is 11.3 Å². The van der Waals surface area contributed by atoms with Crippen LogP contribution in [-0.4, -0.2) is 42.4 Å². The number of aliphatic hydroxyl groups is 1. The van der Waals surface area contributed by atoms with E-state index in [0.717, 1.165) is 13.1 Å². The highest BCUT2D eigenvalue weighted by Gasteiger charge is 2.11. The molecule has 0 aliphatic carbocycles. The lowest BCUT2D eigenvalue weighted by Crippen LogP contribution is -2.34.